The molecule has 1 aromatic carbocycles. The zero-order valence-electron chi connectivity index (χ0n) is 10.6. The normalized spacial score (nSPS) is 11.3. The number of carbonyl (C=O) groups excluding carboxylic acids is 1. The topological polar surface area (TPSA) is 54.0 Å². The number of para-hydroxylation sites is 2. The van der Waals surface area contributed by atoms with Crippen LogP contribution in [0.1, 0.15) is 0 Å². The molecule has 0 aliphatic rings. The van der Waals surface area contributed by atoms with Crippen molar-refractivity contribution in [3.63, 3.8) is 0 Å². The summed E-state index contributed by atoms with van der Waals surface area (Å²) in [6, 6.07) is 6.96. The van der Waals surface area contributed by atoms with E-state index in [0.717, 1.165) is 0 Å². The maximum Gasteiger partial charge on any atom is 0.355 e. The lowest BCUT2D eigenvalue weighted by Crippen LogP contribution is -2.31. The van der Waals surface area contributed by atoms with Crippen LogP contribution in [0.15, 0.2) is 36.6 Å². The zero-order chi connectivity index (χ0) is 13.5. The van der Waals surface area contributed by atoms with E-state index in [1.54, 1.807) is 24.3 Å². The van der Waals surface area contributed by atoms with Crippen molar-refractivity contribution in [1.29, 1.82) is 0 Å². The molecule has 0 heterocycles. The Kier molecular flexibility index (Phi) is 5.05. The van der Waals surface area contributed by atoms with Gasteiger partial charge in [-0.05, 0) is 12.1 Å². The fourth-order valence-electron chi connectivity index (χ4n) is 1.30. The van der Waals surface area contributed by atoms with Crippen molar-refractivity contribution in [2.24, 2.45) is 0 Å². The lowest BCUT2D eigenvalue weighted by molar-refractivity contribution is -0.148. The van der Waals surface area contributed by atoms with Crippen molar-refractivity contribution >= 4 is 5.97 Å². The first kappa shape index (κ1) is 13.9. The minimum atomic E-state index is -1.03. The molecule has 0 aliphatic carbocycles. The molecule has 0 spiro atoms. The Hall–Kier alpha value is -2.17. The van der Waals surface area contributed by atoms with Crippen molar-refractivity contribution in [2.75, 3.05) is 21.3 Å². The smallest absolute Gasteiger partial charge is 0.355 e. The summed E-state index contributed by atoms with van der Waals surface area (Å²) in [5.41, 5.74) is 0. The molecule has 1 unspecified atom stereocenters. The molecule has 0 bridgehead atoms. The third-order valence-electron chi connectivity index (χ3n) is 2.28. The molecule has 0 N–H and O–H groups in total. The van der Waals surface area contributed by atoms with E-state index in [4.69, 9.17) is 14.2 Å². The minimum Gasteiger partial charge on any atom is -0.497 e. The lowest BCUT2D eigenvalue weighted by Gasteiger charge is -2.19. The number of hydrogen-bond donors (Lipinski definition) is 0. The molecule has 1 atom stereocenters. The fourth-order valence-corrected chi connectivity index (χ4v) is 1.30. The maximum absolute atomic E-state index is 11.6. The first-order valence-electron chi connectivity index (χ1n) is 5.24. The quantitative estimate of drug-likeness (QED) is 0.570. The van der Waals surface area contributed by atoms with Gasteiger partial charge in [-0.15, -0.1) is 0 Å². The SMILES string of the molecule is C=C(OC)C(Oc1ccccc1OC)C(=O)OC. The van der Waals surface area contributed by atoms with E-state index in [1.165, 1.54) is 21.3 Å². The van der Waals surface area contributed by atoms with Gasteiger partial charge in [0.25, 0.3) is 6.10 Å². The number of esters is 1. The highest BCUT2D eigenvalue weighted by Gasteiger charge is 2.26. The molecule has 0 amide bonds. The van der Waals surface area contributed by atoms with E-state index in [9.17, 15) is 4.79 Å². The Balaban J connectivity index is 2.95. The first-order chi connectivity index (χ1) is 8.63. The van der Waals surface area contributed by atoms with Gasteiger partial charge in [-0.2, -0.15) is 0 Å². The molecule has 0 fully saturated rings. The number of methoxy groups -OCH3 is 3. The van der Waals surface area contributed by atoms with E-state index >= 15 is 0 Å². The molecule has 1 aromatic rings. The van der Waals surface area contributed by atoms with Gasteiger partial charge in [-0.3, -0.25) is 0 Å². The largest absolute Gasteiger partial charge is 0.497 e. The summed E-state index contributed by atoms with van der Waals surface area (Å²) >= 11 is 0. The second-order valence-corrected chi connectivity index (χ2v) is 3.34. The van der Waals surface area contributed by atoms with Gasteiger partial charge in [-0.25, -0.2) is 4.79 Å². The van der Waals surface area contributed by atoms with Crippen LogP contribution >= 0.6 is 0 Å². The van der Waals surface area contributed by atoms with Gasteiger partial charge < -0.3 is 18.9 Å². The third kappa shape index (κ3) is 3.16. The second-order valence-electron chi connectivity index (χ2n) is 3.34. The summed E-state index contributed by atoms with van der Waals surface area (Å²) in [5, 5.41) is 0. The first-order valence-corrected chi connectivity index (χ1v) is 5.24. The van der Waals surface area contributed by atoms with Gasteiger partial charge in [0.15, 0.2) is 11.5 Å². The van der Waals surface area contributed by atoms with E-state index in [-0.39, 0.29) is 5.76 Å². The van der Waals surface area contributed by atoms with Gasteiger partial charge in [-0.1, -0.05) is 18.7 Å². The molecule has 5 nitrogen and oxygen atoms in total. The minimum absolute atomic E-state index is 0.160. The Labute approximate surface area is 106 Å². The average molecular weight is 252 g/mol. The van der Waals surface area contributed by atoms with Gasteiger partial charge in [0, 0.05) is 0 Å². The molecule has 0 saturated carbocycles. The summed E-state index contributed by atoms with van der Waals surface area (Å²) in [6.07, 6.45) is -1.03. The molecule has 1 rings (SSSR count). The monoisotopic (exact) mass is 252 g/mol. The van der Waals surface area contributed by atoms with Crippen LogP contribution in [0.2, 0.25) is 0 Å². The van der Waals surface area contributed by atoms with Crippen molar-refractivity contribution in [2.45, 2.75) is 6.10 Å². The van der Waals surface area contributed by atoms with Gasteiger partial charge in [0.05, 0.1) is 21.3 Å². The van der Waals surface area contributed by atoms with E-state index in [0.29, 0.717) is 11.5 Å². The number of ether oxygens (including phenoxy) is 4. The fraction of sp³-hybridized carbons (Fsp3) is 0.308. The summed E-state index contributed by atoms with van der Waals surface area (Å²) in [6.45, 7) is 3.61. The number of carbonyl (C=O) groups is 1. The van der Waals surface area contributed by atoms with Crippen LogP contribution in [-0.2, 0) is 14.3 Å². The van der Waals surface area contributed by atoms with Crippen LogP contribution in [0, 0.1) is 0 Å². The van der Waals surface area contributed by atoms with Crippen LogP contribution in [0.3, 0.4) is 0 Å². The van der Waals surface area contributed by atoms with Gasteiger partial charge in [0.1, 0.15) is 5.76 Å². The number of rotatable bonds is 6. The van der Waals surface area contributed by atoms with Crippen molar-refractivity contribution in [1.82, 2.24) is 0 Å². The van der Waals surface area contributed by atoms with E-state index in [2.05, 4.69) is 11.3 Å². The zero-order valence-corrected chi connectivity index (χ0v) is 10.6. The third-order valence-corrected chi connectivity index (χ3v) is 2.28. The number of benzene rings is 1. The Morgan fingerprint density at radius 3 is 2.22 bits per heavy atom. The maximum atomic E-state index is 11.6. The molecule has 0 aromatic heterocycles. The summed E-state index contributed by atoms with van der Waals surface area (Å²) in [7, 11) is 4.19. The lowest BCUT2D eigenvalue weighted by atomic mass is 10.3. The molecule has 0 radical (unpaired) electrons. The molecule has 98 valence electrons. The predicted octanol–water partition coefficient (Wildman–Crippen LogP) is 1.78. The highest BCUT2D eigenvalue weighted by atomic mass is 16.6. The van der Waals surface area contributed by atoms with Crippen LogP contribution in [0.4, 0.5) is 0 Å². The molecule has 18 heavy (non-hydrogen) atoms. The Bertz CT molecular complexity index is 411. The molecular formula is C13H16O5. The molecule has 0 saturated heterocycles. The van der Waals surface area contributed by atoms with Crippen molar-refractivity contribution < 1.29 is 23.7 Å². The second kappa shape index (κ2) is 6.54. The molecule has 0 aliphatic heterocycles. The average Bonchev–Trinajstić information content (AvgIpc) is 2.43. The summed E-state index contributed by atoms with van der Waals surface area (Å²) in [4.78, 5) is 11.6. The molecular weight excluding hydrogens is 236 g/mol. The predicted molar refractivity (Wildman–Crippen MR) is 65.6 cm³/mol. The highest BCUT2D eigenvalue weighted by Crippen LogP contribution is 2.28. The number of hydrogen-bond acceptors (Lipinski definition) is 5. The Morgan fingerprint density at radius 1 is 1.11 bits per heavy atom. The van der Waals surface area contributed by atoms with Crippen LogP contribution in [-0.4, -0.2) is 33.4 Å². The van der Waals surface area contributed by atoms with Crippen molar-refractivity contribution in [3.05, 3.63) is 36.6 Å². The van der Waals surface area contributed by atoms with Crippen LogP contribution < -0.4 is 9.47 Å². The molecule has 5 heteroatoms. The van der Waals surface area contributed by atoms with Gasteiger partial charge >= 0.3 is 5.97 Å². The van der Waals surface area contributed by atoms with Crippen LogP contribution in [0.5, 0.6) is 11.5 Å². The van der Waals surface area contributed by atoms with E-state index in [1.807, 2.05) is 0 Å². The Morgan fingerprint density at radius 2 is 1.72 bits per heavy atom. The summed E-state index contributed by atoms with van der Waals surface area (Å²) in [5.74, 6) is 0.490. The van der Waals surface area contributed by atoms with Crippen LogP contribution in [0.25, 0.3) is 0 Å². The summed E-state index contributed by atoms with van der Waals surface area (Å²) < 4.78 is 20.2. The van der Waals surface area contributed by atoms with Crippen molar-refractivity contribution in [3.8, 4) is 11.5 Å². The highest BCUT2D eigenvalue weighted by molar-refractivity contribution is 5.78. The van der Waals surface area contributed by atoms with E-state index < -0.39 is 12.1 Å². The standard InChI is InChI=1S/C13H16O5/c1-9(15-2)12(13(14)17-4)18-11-8-6-5-7-10(11)16-3/h5-8,12H,1H2,2-4H3. The van der Waals surface area contributed by atoms with Gasteiger partial charge in [0.2, 0.25) is 0 Å².